The van der Waals surface area contributed by atoms with E-state index < -0.39 is 17.4 Å². The number of carboxylic acid groups (broad SMARTS) is 2. The van der Waals surface area contributed by atoms with Gasteiger partial charge >= 0.3 is 23.1 Å². The molecule has 0 bridgehead atoms. The molecule has 1 fully saturated rings. The first-order valence-corrected chi connectivity index (χ1v) is 3.52. The zero-order valence-corrected chi connectivity index (χ0v) is 8.08. The van der Waals surface area contributed by atoms with Crippen LogP contribution in [0, 0.1) is 5.41 Å². The summed E-state index contributed by atoms with van der Waals surface area (Å²) in [7, 11) is 0. The van der Waals surface area contributed by atoms with E-state index in [-0.39, 0.29) is 35.9 Å². The van der Waals surface area contributed by atoms with Gasteiger partial charge in [-0.25, -0.2) is 0 Å². The third-order valence-corrected chi connectivity index (χ3v) is 2.24. The van der Waals surface area contributed by atoms with Crippen LogP contribution in [-0.4, -0.2) is 35.0 Å². The molecule has 0 aromatic rings. The zero-order valence-electron chi connectivity index (χ0n) is 6.67. The molecule has 0 spiro atoms. The van der Waals surface area contributed by atoms with E-state index in [9.17, 15) is 19.8 Å². The number of aliphatic carboxylic acids is 2. The molecule has 0 heterocycles. The molecule has 0 aromatic heterocycles. The second kappa shape index (κ2) is 4.09. The van der Waals surface area contributed by atoms with Gasteiger partial charge in [0, 0.05) is 5.41 Å². The topological polar surface area (TPSA) is 80.3 Å². The number of hydrogen-bond acceptors (Lipinski definition) is 4. The first-order valence-electron chi connectivity index (χ1n) is 3.52. The molecule has 0 atom stereocenters. The first-order chi connectivity index (χ1) is 5.09. The largest absolute Gasteiger partial charge is 2.00 e. The number of rotatable bonds is 2. The average Bonchev–Trinajstić information content (AvgIpc) is 2.34. The molecule has 1 aliphatic rings. The maximum atomic E-state index is 10.4. The SMILES string of the molecule is O=C([O-])C1(C(=O)[O-])CCCC1.[Mg+2]. The van der Waals surface area contributed by atoms with Gasteiger partial charge in [-0.1, -0.05) is 12.8 Å². The van der Waals surface area contributed by atoms with Crippen LogP contribution in [0.3, 0.4) is 0 Å². The molecule has 0 aromatic carbocycles. The van der Waals surface area contributed by atoms with Crippen molar-refractivity contribution in [2.75, 3.05) is 0 Å². The van der Waals surface area contributed by atoms with Gasteiger partial charge in [-0.15, -0.1) is 0 Å². The third kappa shape index (κ3) is 1.72. The molecule has 5 heteroatoms. The van der Waals surface area contributed by atoms with Crippen LogP contribution in [0.2, 0.25) is 0 Å². The van der Waals surface area contributed by atoms with Gasteiger partial charge in [0.2, 0.25) is 0 Å². The van der Waals surface area contributed by atoms with Crippen molar-refractivity contribution in [2.45, 2.75) is 25.7 Å². The fraction of sp³-hybridized carbons (Fsp3) is 0.714. The molecule has 0 amide bonds. The summed E-state index contributed by atoms with van der Waals surface area (Å²) in [6.07, 6.45) is 1.55. The summed E-state index contributed by atoms with van der Waals surface area (Å²) in [4.78, 5) is 20.9. The van der Waals surface area contributed by atoms with Crippen molar-refractivity contribution in [3.63, 3.8) is 0 Å². The Morgan fingerprint density at radius 3 is 1.50 bits per heavy atom. The molecule has 62 valence electrons. The Bertz CT molecular complexity index is 180. The number of carbonyl (C=O) groups is 2. The van der Waals surface area contributed by atoms with Gasteiger partial charge in [-0.2, -0.15) is 0 Å². The molecule has 0 N–H and O–H groups in total. The maximum Gasteiger partial charge on any atom is 2.00 e. The summed E-state index contributed by atoms with van der Waals surface area (Å²) in [5, 5.41) is 20.9. The predicted molar refractivity (Wildman–Crippen MR) is 36.7 cm³/mol. The van der Waals surface area contributed by atoms with E-state index in [1.54, 1.807) is 0 Å². The van der Waals surface area contributed by atoms with Gasteiger partial charge in [-0.3, -0.25) is 0 Å². The van der Waals surface area contributed by atoms with Crippen molar-refractivity contribution in [3.05, 3.63) is 0 Å². The summed E-state index contributed by atoms with van der Waals surface area (Å²) in [6, 6.07) is 0. The monoisotopic (exact) mass is 180 g/mol. The third-order valence-electron chi connectivity index (χ3n) is 2.24. The van der Waals surface area contributed by atoms with Gasteiger partial charge in [0.05, 0.1) is 11.9 Å². The van der Waals surface area contributed by atoms with E-state index in [1.807, 2.05) is 0 Å². The summed E-state index contributed by atoms with van der Waals surface area (Å²) in [6.45, 7) is 0. The molecule has 0 saturated heterocycles. The van der Waals surface area contributed by atoms with Crippen LogP contribution in [0.15, 0.2) is 0 Å². The van der Waals surface area contributed by atoms with Gasteiger partial charge < -0.3 is 19.8 Å². The van der Waals surface area contributed by atoms with Crippen molar-refractivity contribution < 1.29 is 19.8 Å². The summed E-state index contributed by atoms with van der Waals surface area (Å²) >= 11 is 0. The quantitative estimate of drug-likeness (QED) is 0.352. The fourth-order valence-corrected chi connectivity index (χ4v) is 1.47. The molecule has 1 saturated carbocycles. The summed E-state index contributed by atoms with van der Waals surface area (Å²) < 4.78 is 0. The normalized spacial score (nSPS) is 19.7. The van der Waals surface area contributed by atoms with Gasteiger partial charge in [-0.05, 0) is 12.8 Å². The Labute approximate surface area is 86.1 Å². The van der Waals surface area contributed by atoms with Gasteiger partial charge in [0.15, 0.2) is 0 Å². The van der Waals surface area contributed by atoms with Crippen molar-refractivity contribution in [1.82, 2.24) is 0 Å². The smallest absolute Gasteiger partial charge is 0.549 e. The molecule has 12 heavy (non-hydrogen) atoms. The van der Waals surface area contributed by atoms with Crippen LogP contribution < -0.4 is 10.2 Å². The molecule has 1 aliphatic carbocycles. The second-order valence-corrected chi connectivity index (χ2v) is 2.86. The zero-order chi connectivity index (χ0) is 8.48. The Kier molecular flexibility index (Phi) is 3.99. The van der Waals surface area contributed by atoms with Crippen molar-refractivity contribution in [3.8, 4) is 0 Å². The summed E-state index contributed by atoms with van der Waals surface area (Å²) in [5.41, 5.74) is -1.69. The predicted octanol–water partition coefficient (Wildman–Crippen LogP) is -2.33. The first kappa shape index (κ1) is 11.7. The Morgan fingerprint density at radius 1 is 1.00 bits per heavy atom. The molecule has 4 nitrogen and oxygen atoms in total. The molecular formula is C7H8MgO4. The van der Waals surface area contributed by atoms with Crippen LogP contribution in [-0.2, 0) is 9.59 Å². The minimum absolute atomic E-state index is 0. The molecular weight excluding hydrogens is 172 g/mol. The Morgan fingerprint density at radius 2 is 1.33 bits per heavy atom. The van der Waals surface area contributed by atoms with E-state index >= 15 is 0 Å². The van der Waals surface area contributed by atoms with Gasteiger partial charge in [0.25, 0.3) is 0 Å². The fourth-order valence-electron chi connectivity index (χ4n) is 1.47. The van der Waals surface area contributed by atoms with Crippen LogP contribution in [0.5, 0.6) is 0 Å². The van der Waals surface area contributed by atoms with E-state index in [4.69, 9.17) is 0 Å². The second-order valence-electron chi connectivity index (χ2n) is 2.86. The van der Waals surface area contributed by atoms with Crippen LogP contribution in [0.25, 0.3) is 0 Å². The van der Waals surface area contributed by atoms with E-state index in [0.29, 0.717) is 12.8 Å². The van der Waals surface area contributed by atoms with Crippen molar-refractivity contribution in [1.29, 1.82) is 0 Å². The van der Waals surface area contributed by atoms with E-state index in [0.717, 1.165) is 0 Å². The standard InChI is InChI=1S/C7H10O4.Mg/c8-5(9)7(6(10)11)3-1-2-4-7;/h1-4H2,(H,8,9)(H,10,11);/q;+2/p-2. The Balaban J connectivity index is 0.00000121. The molecule has 0 unspecified atom stereocenters. The summed E-state index contributed by atoms with van der Waals surface area (Å²) in [5.74, 6) is -3.01. The molecule has 1 rings (SSSR count). The van der Waals surface area contributed by atoms with Crippen molar-refractivity contribution >= 4 is 35.0 Å². The average molecular weight is 180 g/mol. The van der Waals surface area contributed by atoms with Crippen LogP contribution in [0.4, 0.5) is 0 Å². The van der Waals surface area contributed by atoms with Gasteiger partial charge in [0.1, 0.15) is 0 Å². The van der Waals surface area contributed by atoms with E-state index in [1.165, 1.54) is 0 Å². The number of carboxylic acids is 2. The molecule has 0 aliphatic heterocycles. The maximum absolute atomic E-state index is 10.4. The minimum Gasteiger partial charge on any atom is -0.549 e. The number of hydrogen-bond donors (Lipinski definition) is 0. The van der Waals surface area contributed by atoms with E-state index in [2.05, 4.69) is 0 Å². The minimum atomic E-state index is -1.69. The number of carbonyl (C=O) groups excluding carboxylic acids is 2. The van der Waals surface area contributed by atoms with Crippen LogP contribution in [0.1, 0.15) is 25.7 Å². The van der Waals surface area contributed by atoms with Crippen LogP contribution >= 0.6 is 0 Å². The van der Waals surface area contributed by atoms with Crippen molar-refractivity contribution in [2.24, 2.45) is 5.41 Å². The molecule has 0 radical (unpaired) electrons. The Hall–Kier alpha value is -0.294.